The Labute approximate surface area is 146 Å². The molecular formula is C14H31BNO5PS. The van der Waals surface area contributed by atoms with E-state index in [1.54, 1.807) is 7.11 Å². The van der Waals surface area contributed by atoms with Crippen molar-refractivity contribution in [1.29, 1.82) is 0 Å². The summed E-state index contributed by atoms with van der Waals surface area (Å²) in [7, 11) is 3.59. The van der Waals surface area contributed by atoms with Gasteiger partial charge in [0.15, 0.2) is 0 Å². The summed E-state index contributed by atoms with van der Waals surface area (Å²) in [4.78, 5) is 0. The molecule has 9 heteroatoms. The monoisotopic (exact) mass is 367 g/mol. The van der Waals surface area contributed by atoms with Gasteiger partial charge in [0, 0.05) is 12.8 Å². The van der Waals surface area contributed by atoms with Gasteiger partial charge in [-0.2, -0.15) is 0 Å². The van der Waals surface area contributed by atoms with Crippen LogP contribution in [0.2, 0.25) is 0 Å². The van der Waals surface area contributed by atoms with Crippen molar-refractivity contribution in [2.45, 2.75) is 63.7 Å². The third-order valence-electron chi connectivity index (χ3n) is 3.83. The molecule has 136 valence electrons. The summed E-state index contributed by atoms with van der Waals surface area (Å²) < 4.78 is 35.3. The first kappa shape index (κ1) is 21.5. The molecule has 1 rings (SSSR count). The Bertz CT molecular complexity index is 401. The predicted octanol–water partition coefficient (Wildman–Crippen LogP) is 1.29. The number of hydrogen-bond donors (Lipinski definition) is 2. The molecular weight excluding hydrogens is 336 g/mol. The Balaban J connectivity index is 2.82. The Morgan fingerprint density at radius 2 is 1.96 bits per heavy atom. The fourth-order valence-corrected chi connectivity index (χ4v) is 3.84. The molecule has 5 atom stereocenters. The van der Waals surface area contributed by atoms with E-state index in [1.165, 1.54) is 0 Å². The van der Waals surface area contributed by atoms with Crippen LogP contribution in [0.1, 0.15) is 27.7 Å². The first-order chi connectivity index (χ1) is 10.7. The summed E-state index contributed by atoms with van der Waals surface area (Å²) in [5.41, 5.74) is -0.0759. The molecule has 0 aromatic carbocycles. The highest BCUT2D eigenvalue weighted by Crippen LogP contribution is 2.52. The maximum absolute atomic E-state index is 12.7. The third-order valence-corrected chi connectivity index (χ3v) is 7.63. The minimum absolute atomic E-state index is 0.0759. The van der Waals surface area contributed by atoms with Crippen LogP contribution in [0.25, 0.3) is 0 Å². The van der Waals surface area contributed by atoms with Crippen molar-refractivity contribution in [3.63, 3.8) is 0 Å². The summed E-state index contributed by atoms with van der Waals surface area (Å²) >= 11 is 4.35. The summed E-state index contributed by atoms with van der Waals surface area (Å²) in [6, 6.07) is -0.350. The predicted molar refractivity (Wildman–Crippen MR) is 98.6 cm³/mol. The average Bonchev–Trinajstić information content (AvgIpc) is 2.73. The van der Waals surface area contributed by atoms with Crippen LogP contribution >= 0.6 is 18.7 Å². The zero-order chi connectivity index (χ0) is 17.6. The van der Waals surface area contributed by atoms with Crippen molar-refractivity contribution in [1.82, 2.24) is 5.09 Å². The first-order valence-corrected chi connectivity index (χ1v) is 11.1. The lowest BCUT2D eigenvalue weighted by Crippen LogP contribution is -2.47. The molecule has 0 spiro atoms. The van der Waals surface area contributed by atoms with Crippen LogP contribution in [0, 0.1) is 0 Å². The van der Waals surface area contributed by atoms with E-state index in [2.05, 4.69) is 17.3 Å². The molecule has 1 fully saturated rings. The van der Waals surface area contributed by atoms with Crippen molar-refractivity contribution in [3.8, 4) is 0 Å². The fraction of sp³-hybridized carbons (Fsp3) is 1.00. The largest absolute Gasteiger partial charge is 0.382 e. The molecule has 0 aliphatic carbocycles. The Morgan fingerprint density at radius 3 is 2.48 bits per heavy atom. The molecule has 1 aliphatic heterocycles. The van der Waals surface area contributed by atoms with Crippen LogP contribution in [0.5, 0.6) is 0 Å². The minimum Gasteiger partial charge on any atom is -0.382 e. The number of thiol groups is 1. The molecule has 1 saturated heterocycles. The normalized spacial score (nSPS) is 31.0. The molecule has 1 heterocycles. The number of nitrogens with one attached hydrogen (secondary N) is 1. The fourth-order valence-electron chi connectivity index (χ4n) is 2.40. The molecule has 6 nitrogen and oxygen atoms in total. The van der Waals surface area contributed by atoms with Gasteiger partial charge in [-0.05, 0) is 13.8 Å². The van der Waals surface area contributed by atoms with E-state index in [4.69, 9.17) is 18.9 Å². The van der Waals surface area contributed by atoms with Crippen molar-refractivity contribution in [2.75, 3.05) is 26.9 Å². The van der Waals surface area contributed by atoms with E-state index >= 15 is 0 Å². The van der Waals surface area contributed by atoms with Gasteiger partial charge in [-0.3, -0.25) is 9.65 Å². The standard InChI is InChI=1S/C14H31BNO5PS/c1-9(2)20-8-11-12(16-22(17,23)10(3)4)13(14(15)21-11)19-7-6-18-5/h9-14H,6-8,15H2,1-5H3,(H2,16,17,23). The van der Waals surface area contributed by atoms with Crippen molar-refractivity contribution >= 4 is 26.6 Å². The van der Waals surface area contributed by atoms with Crippen LogP contribution in [0.4, 0.5) is 0 Å². The molecule has 1 N–H and O–H groups in total. The third kappa shape index (κ3) is 6.69. The molecule has 5 unspecified atom stereocenters. The lowest BCUT2D eigenvalue weighted by atomic mass is 9.92. The van der Waals surface area contributed by atoms with Crippen LogP contribution in [0.15, 0.2) is 0 Å². The maximum atomic E-state index is 12.7. The smallest absolute Gasteiger partial charge is 0.200 e. The zero-order valence-electron chi connectivity index (χ0n) is 15.0. The van der Waals surface area contributed by atoms with Gasteiger partial charge in [0.05, 0.1) is 50.2 Å². The second-order valence-corrected chi connectivity index (χ2v) is 10.8. The van der Waals surface area contributed by atoms with E-state index in [1.807, 2.05) is 35.5 Å². The van der Waals surface area contributed by atoms with E-state index in [0.717, 1.165) is 0 Å². The van der Waals surface area contributed by atoms with Crippen LogP contribution < -0.4 is 5.09 Å². The number of rotatable bonds is 10. The van der Waals surface area contributed by atoms with Gasteiger partial charge in [0.25, 0.3) is 0 Å². The molecule has 1 aliphatic rings. The topological polar surface area (TPSA) is 66.0 Å². The summed E-state index contributed by atoms with van der Waals surface area (Å²) in [5, 5.41) is 3.18. The molecule has 23 heavy (non-hydrogen) atoms. The molecule has 0 aromatic rings. The highest BCUT2D eigenvalue weighted by molar-refractivity contribution is 8.47. The van der Waals surface area contributed by atoms with E-state index in [0.29, 0.717) is 19.8 Å². The molecule has 0 bridgehead atoms. The average molecular weight is 367 g/mol. The van der Waals surface area contributed by atoms with Gasteiger partial charge in [-0.1, -0.05) is 26.1 Å². The highest BCUT2D eigenvalue weighted by Gasteiger charge is 2.45. The summed E-state index contributed by atoms with van der Waals surface area (Å²) in [6.45, 7) is 6.32. The van der Waals surface area contributed by atoms with E-state index in [9.17, 15) is 4.57 Å². The van der Waals surface area contributed by atoms with Crippen molar-refractivity contribution in [2.24, 2.45) is 0 Å². The number of hydrogen-bond acceptors (Lipinski definition) is 5. The number of methoxy groups -OCH3 is 1. The Morgan fingerprint density at radius 1 is 1.30 bits per heavy atom. The number of ether oxygens (including phenoxy) is 4. The lowest BCUT2D eigenvalue weighted by molar-refractivity contribution is -0.0273. The van der Waals surface area contributed by atoms with Crippen molar-refractivity contribution in [3.05, 3.63) is 0 Å². The van der Waals surface area contributed by atoms with Gasteiger partial charge in [-0.15, -0.1) is 0 Å². The van der Waals surface area contributed by atoms with Crippen LogP contribution in [-0.2, 0) is 23.5 Å². The van der Waals surface area contributed by atoms with Crippen LogP contribution in [0.3, 0.4) is 0 Å². The lowest BCUT2D eigenvalue weighted by Gasteiger charge is -2.29. The highest BCUT2D eigenvalue weighted by atomic mass is 32.7. The minimum atomic E-state index is -2.80. The van der Waals surface area contributed by atoms with Gasteiger partial charge >= 0.3 is 0 Å². The Kier molecular flexibility index (Phi) is 9.16. The van der Waals surface area contributed by atoms with E-state index < -0.39 is 6.49 Å². The maximum Gasteiger partial charge on any atom is 0.200 e. The summed E-state index contributed by atoms with van der Waals surface area (Å²) in [6.07, 6.45) is -0.333. The Hall–Kier alpha value is 0.445. The quantitative estimate of drug-likeness (QED) is 0.263. The first-order valence-electron chi connectivity index (χ1n) is 8.17. The van der Waals surface area contributed by atoms with Gasteiger partial charge in [0.2, 0.25) is 6.49 Å². The van der Waals surface area contributed by atoms with Crippen LogP contribution in [-0.4, -0.2) is 70.8 Å². The molecule has 0 radical (unpaired) electrons. The van der Waals surface area contributed by atoms with Crippen molar-refractivity contribution < 1.29 is 23.5 Å². The van der Waals surface area contributed by atoms with Gasteiger partial charge in [-0.25, -0.2) is 0 Å². The van der Waals surface area contributed by atoms with E-state index in [-0.39, 0.29) is 36.0 Å². The van der Waals surface area contributed by atoms with Gasteiger partial charge in [0.1, 0.15) is 7.85 Å². The second kappa shape index (κ2) is 9.81. The SMILES string of the molecule is BC1OC(COC(C)C)C(NP(=O)(S)C(C)C)C1OCCOC. The van der Waals surface area contributed by atoms with Gasteiger partial charge < -0.3 is 18.9 Å². The second-order valence-electron chi connectivity index (χ2n) is 6.46. The zero-order valence-corrected chi connectivity index (χ0v) is 16.8. The molecule has 0 saturated carbocycles. The summed E-state index contributed by atoms with van der Waals surface area (Å²) in [5.74, 6) is 0. The molecule has 0 amide bonds. The molecule has 0 aromatic heterocycles.